The van der Waals surface area contributed by atoms with Gasteiger partial charge in [0.05, 0.1) is 32.8 Å². The van der Waals surface area contributed by atoms with E-state index in [2.05, 4.69) is 9.97 Å². The number of aromatic nitrogens is 2. The molecular formula is C18H26N4O3. The fourth-order valence-electron chi connectivity index (χ4n) is 2.41. The number of rotatable bonds is 8. The molecule has 2 aromatic rings. The molecule has 0 saturated carbocycles. The van der Waals surface area contributed by atoms with Gasteiger partial charge in [-0.1, -0.05) is 0 Å². The summed E-state index contributed by atoms with van der Waals surface area (Å²) in [4.78, 5) is 24.3. The normalized spacial score (nSPS) is 10.8. The van der Waals surface area contributed by atoms with Crippen LogP contribution in [-0.2, 0) is 6.54 Å². The summed E-state index contributed by atoms with van der Waals surface area (Å²) in [5.41, 5.74) is 2.36. The van der Waals surface area contributed by atoms with Crippen molar-refractivity contribution in [2.45, 2.75) is 13.5 Å². The lowest BCUT2D eigenvalue weighted by molar-refractivity contribution is 0.0729. The van der Waals surface area contributed by atoms with E-state index in [0.717, 1.165) is 17.9 Å². The highest BCUT2D eigenvalue weighted by molar-refractivity contribution is 5.95. The summed E-state index contributed by atoms with van der Waals surface area (Å²) in [6, 6.07) is 5.20. The minimum absolute atomic E-state index is 0.0820. The topological polar surface area (TPSA) is 70.7 Å². The van der Waals surface area contributed by atoms with E-state index >= 15 is 0 Å². The number of ether oxygens (including phenoxy) is 2. The molecule has 0 unspecified atom stereocenters. The molecule has 0 bridgehead atoms. The van der Waals surface area contributed by atoms with E-state index in [1.54, 1.807) is 43.6 Å². The van der Waals surface area contributed by atoms with Gasteiger partial charge in [0.25, 0.3) is 5.91 Å². The lowest BCUT2D eigenvalue weighted by Gasteiger charge is -2.24. The van der Waals surface area contributed by atoms with Crippen LogP contribution in [0.2, 0.25) is 0 Å². The van der Waals surface area contributed by atoms with Crippen molar-refractivity contribution in [3.63, 3.8) is 0 Å². The Morgan fingerprint density at radius 1 is 1.12 bits per heavy atom. The zero-order valence-electron chi connectivity index (χ0n) is 15.5. The zero-order chi connectivity index (χ0) is 18.4. The average Bonchev–Trinajstić information content (AvgIpc) is 3.01. The van der Waals surface area contributed by atoms with Crippen molar-refractivity contribution in [3.05, 3.63) is 41.5 Å². The molecule has 1 N–H and O–H groups in total. The van der Waals surface area contributed by atoms with Crippen LogP contribution in [0.3, 0.4) is 0 Å². The van der Waals surface area contributed by atoms with Gasteiger partial charge in [-0.3, -0.25) is 4.79 Å². The Morgan fingerprint density at radius 3 is 2.24 bits per heavy atom. The van der Waals surface area contributed by atoms with Gasteiger partial charge in [0.2, 0.25) is 0 Å². The second-order valence-corrected chi connectivity index (χ2v) is 6.11. The van der Waals surface area contributed by atoms with E-state index in [1.807, 2.05) is 25.9 Å². The number of methoxy groups -OCH3 is 2. The van der Waals surface area contributed by atoms with E-state index in [0.29, 0.717) is 30.2 Å². The van der Waals surface area contributed by atoms with Crippen LogP contribution in [-0.4, -0.2) is 67.1 Å². The van der Waals surface area contributed by atoms with E-state index in [-0.39, 0.29) is 5.91 Å². The largest absolute Gasteiger partial charge is 0.497 e. The van der Waals surface area contributed by atoms with E-state index in [9.17, 15) is 4.79 Å². The maximum Gasteiger partial charge on any atom is 0.254 e. The monoisotopic (exact) mass is 346 g/mol. The number of nitrogens with zero attached hydrogens (tertiary/aromatic N) is 3. The Bertz CT molecular complexity index is 690. The number of hydrogen-bond acceptors (Lipinski definition) is 5. The number of carbonyl (C=O) groups is 1. The number of likely N-dealkylation sites (N-methyl/N-ethyl adjacent to an activating group) is 1. The predicted octanol–water partition coefficient (Wildman–Crippen LogP) is 1.94. The molecule has 2 rings (SSSR count). The Balaban J connectivity index is 2.29. The third-order valence-electron chi connectivity index (χ3n) is 3.98. The fourth-order valence-corrected chi connectivity index (χ4v) is 2.41. The Labute approximate surface area is 148 Å². The third-order valence-corrected chi connectivity index (χ3v) is 3.98. The highest BCUT2D eigenvalue weighted by Crippen LogP contribution is 2.24. The van der Waals surface area contributed by atoms with Gasteiger partial charge in [-0.2, -0.15) is 0 Å². The molecule has 25 heavy (non-hydrogen) atoms. The van der Waals surface area contributed by atoms with Crippen LogP contribution in [0.1, 0.15) is 21.7 Å². The number of H-pyrrole nitrogens is 1. The molecule has 0 radical (unpaired) electrons. The van der Waals surface area contributed by atoms with Crippen molar-refractivity contribution in [1.29, 1.82) is 0 Å². The molecule has 0 aliphatic rings. The summed E-state index contributed by atoms with van der Waals surface area (Å²) in [5, 5.41) is 0. The molecule has 0 fully saturated rings. The van der Waals surface area contributed by atoms with Crippen molar-refractivity contribution in [2.24, 2.45) is 0 Å². The Kier molecular flexibility index (Phi) is 6.41. The number of carbonyl (C=O) groups excluding carboxylic acids is 1. The quantitative estimate of drug-likeness (QED) is 0.791. The summed E-state index contributed by atoms with van der Waals surface area (Å²) in [6.07, 6.45) is 1.65. The van der Waals surface area contributed by atoms with Crippen molar-refractivity contribution >= 4 is 5.91 Å². The molecule has 7 heteroatoms. The molecule has 1 aromatic carbocycles. The van der Waals surface area contributed by atoms with Crippen LogP contribution in [0.4, 0.5) is 0 Å². The highest BCUT2D eigenvalue weighted by Gasteiger charge is 2.20. The summed E-state index contributed by atoms with van der Waals surface area (Å²) < 4.78 is 10.5. The Hall–Kier alpha value is -2.54. The summed E-state index contributed by atoms with van der Waals surface area (Å²) in [5.74, 6) is 1.10. The first-order valence-electron chi connectivity index (χ1n) is 8.10. The van der Waals surface area contributed by atoms with Gasteiger partial charge in [0, 0.05) is 30.4 Å². The second kappa shape index (κ2) is 8.53. The molecule has 0 atom stereocenters. The molecule has 136 valence electrons. The van der Waals surface area contributed by atoms with Gasteiger partial charge < -0.3 is 24.3 Å². The molecule has 1 aromatic heterocycles. The minimum atomic E-state index is -0.0820. The molecule has 0 spiro atoms. The molecule has 1 heterocycles. The smallest absolute Gasteiger partial charge is 0.254 e. The lowest BCUT2D eigenvalue weighted by Crippen LogP contribution is -2.36. The van der Waals surface area contributed by atoms with Crippen molar-refractivity contribution < 1.29 is 14.3 Å². The number of nitrogens with one attached hydrogen (secondary N) is 1. The maximum absolute atomic E-state index is 13.1. The summed E-state index contributed by atoms with van der Waals surface area (Å²) >= 11 is 0. The lowest BCUT2D eigenvalue weighted by atomic mass is 10.1. The van der Waals surface area contributed by atoms with E-state index in [1.165, 1.54) is 0 Å². The second-order valence-electron chi connectivity index (χ2n) is 6.11. The van der Waals surface area contributed by atoms with Crippen molar-refractivity contribution in [2.75, 3.05) is 41.4 Å². The standard InChI is InChI=1S/C18H26N4O3/c1-13-17(20-12-19-13)11-22(7-6-21(2)3)18(23)14-8-15(24-4)10-16(9-14)25-5/h8-10,12H,6-7,11H2,1-5H3,(H,19,20). The van der Waals surface area contributed by atoms with Crippen molar-refractivity contribution in [1.82, 2.24) is 19.8 Å². The van der Waals surface area contributed by atoms with Gasteiger partial charge in [-0.15, -0.1) is 0 Å². The first-order chi connectivity index (χ1) is 11.9. The van der Waals surface area contributed by atoms with Gasteiger partial charge in [-0.25, -0.2) is 4.98 Å². The fraction of sp³-hybridized carbons (Fsp3) is 0.444. The van der Waals surface area contributed by atoms with E-state index < -0.39 is 0 Å². The molecule has 7 nitrogen and oxygen atoms in total. The molecule has 0 saturated heterocycles. The van der Waals surface area contributed by atoms with Crippen LogP contribution in [0.25, 0.3) is 0 Å². The third kappa shape index (κ3) is 4.96. The summed E-state index contributed by atoms with van der Waals surface area (Å²) in [6.45, 7) is 3.75. The van der Waals surface area contributed by atoms with Gasteiger partial charge in [0.1, 0.15) is 11.5 Å². The number of benzene rings is 1. The van der Waals surface area contributed by atoms with Crippen LogP contribution < -0.4 is 9.47 Å². The Morgan fingerprint density at radius 2 is 1.76 bits per heavy atom. The van der Waals surface area contributed by atoms with Crippen molar-refractivity contribution in [3.8, 4) is 11.5 Å². The van der Waals surface area contributed by atoms with Crippen LogP contribution in [0, 0.1) is 6.92 Å². The molecular weight excluding hydrogens is 320 g/mol. The highest BCUT2D eigenvalue weighted by atomic mass is 16.5. The van der Waals surface area contributed by atoms with Crippen LogP contribution in [0.15, 0.2) is 24.5 Å². The van der Waals surface area contributed by atoms with Crippen LogP contribution in [0.5, 0.6) is 11.5 Å². The number of aromatic amines is 1. The summed E-state index contributed by atoms with van der Waals surface area (Å²) in [7, 11) is 7.11. The number of amides is 1. The SMILES string of the molecule is COc1cc(OC)cc(C(=O)N(CCN(C)C)Cc2nc[nH]c2C)c1. The zero-order valence-corrected chi connectivity index (χ0v) is 15.5. The van der Waals surface area contributed by atoms with Gasteiger partial charge in [-0.05, 0) is 33.2 Å². The van der Waals surface area contributed by atoms with Gasteiger partial charge >= 0.3 is 0 Å². The number of imidazole rings is 1. The number of hydrogen-bond donors (Lipinski definition) is 1. The van der Waals surface area contributed by atoms with E-state index in [4.69, 9.17) is 9.47 Å². The maximum atomic E-state index is 13.1. The molecule has 0 aliphatic heterocycles. The molecule has 0 aliphatic carbocycles. The first-order valence-corrected chi connectivity index (χ1v) is 8.10. The number of aryl methyl sites for hydroxylation is 1. The first kappa shape index (κ1) is 18.8. The average molecular weight is 346 g/mol. The predicted molar refractivity (Wildman–Crippen MR) is 96.2 cm³/mol. The molecule has 1 amide bonds. The van der Waals surface area contributed by atoms with Gasteiger partial charge in [0.15, 0.2) is 0 Å². The van der Waals surface area contributed by atoms with Crippen LogP contribution >= 0.6 is 0 Å². The minimum Gasteiger partial charge on any atom is -0.497 e.